The van der Waals surface area contributed by atoms with E-state index >= 15 is 0 Å². The molecule has 2 heterocycles. The first-order valence-electron chi connectivity index (χ1n) is 12.3. The van der Waals surface area contributed by atoms with Crippen LogP contribution in [0, 0.1) is 0 Å². The molecule has 2 aliphatic rings. The second kappa shape index (κ2) is 17.2. The van der Waals surface area contributed by atoms with Crippen LogP contribution >= 0.6 is 0 Å². The molecule has 2 saturated heterocycles. The predicted octanol–water partition coefficient (Wildman–Crippen LogP) is -6.78. The van der Waals surface area contributed by atoms with Crippen molar-refractivity contribution in [2.45, 2.75) is 54.8 Å². The van der Waals surface area contributed by atoms with Gasteiger partial charge in [0.2, 0.25) is 5.79 Å². The number of rotatable bonds is 21. The molecule has 0 aromatic heterocycles. The average molecular weight is 983 g/mol. The van der Waals surface area contributed by atoms with Crippen molar-refractivity contribution >= 4 is 83.2 Å². The summed E-state index contributed by atoms with van der Waals surface area (Å²) >= 11 is 0. The van der Waals surface area contributed by atoms with E-state index in [1.807, 2.05) is 0 Å². The molecule has 0 aliphatic carbocycles. The topological polar surface area (TPSA) is 536 Å². The molecule has 0 saturated carbocycles. The van der Waals surface area contributed by atoms with Crippen molar-refractivity contribution in [2.75, 3.05) is 19.8 Å². The fraction of sp³-hybridized carbons (Fsp3) is 1.00. The molecular weight excluding hydrogens is 961 g/mol. The molecule has 0 bridgehead atoms. The molecule has 55 heavy (non-hydrogen) atoms. The third-order valence-electron chi connectivity index (χ3n) is 5.68. The highest BCUT2D eigenvalue weighted by Crippen LogP contribution is 2.42. The number of hydrogen-bond acceptors (Lipinski definition) is 27. The molecule has 2 aliphatic heterocycles. The van der Waals surface area contributed by atoms with Crippen LogP contribution in [0.3, 0.4) is 0 Å². The van der Waals surface area contributed by atoms with Crippen LogP contribution in [0.1, 0.15) is 0 Å². The minimum Gasteiger partial charge on any atom is -0.341 e. The van der Waals surface area contributed by atoms with Gasteiger partial charge in [-0.25, -0.2) is 33.5 Å². The molecule has 0 radical (unpaired) electrons. The second-order valence-electron chi connectivity index (χ2n) is 9.64. The Morgan fingerprint density at radius 2 is 0.782 bits per heavy atom. The lowest BCUT2D eigenvalue weighted by atomic mass is 9.99. The van der Waals surface area contributed by atoms with Gasteiger partial charge in [-0.2, -0.15) is 67.3 Å². The minimum atomic E-state index is -6.24. The van der Waals surface area contributed by atoms with Crippen molar-refractivity contribution in [3.8, 4) is 0 Å². The molecule has 0 amide bonds. The maximum Gasteiger partial charge on any atom is 0.397 e. The Balaban J connectivity index is 3.07. The monoisotopic (exact) mass is 982 g/mol. The smallest absolute Gasteiger partial charge is 0.341 e. The zero-order valence-corrected chi connectivity index (χ0v) is 31.6. The molecule has 0 aromatic rings. The first kappa shape index (κ1) is 50.0. The summed E-state index contributed by atoms with van der Waals surface area (Å²) in [6, 6.07) is 0. The lowest BCUT2D eigenvalue weighted by Crippen LogP contribution is -2.65. The summed E-state index contributed by atoms with van der Waals surface area (Å²) in [5, 5.41) is 0. The quantitative estimate of drug-likeness (QED) is 0.0496. The van der Waals surface area contributed by atoms with Crippen LogP contribution in [0.5, 0.6) is 0 Å². The molecule has 0 spiro atoms. The summed E-state index contributed by atoms with van der Waals surface area (Å²) in [7, 11) is -48.3. The van der Waals surface area contributed by atoms with E-state index in [1.165, 1.54) is 0 Å². The Morgan fingerprint density at radius 1 is 0.418 bits per heavy atom. The normalized spacial score (nSPS) is 30.7. The summed E-state index contributed by atoms with van der Waals surface area (Å²) in [4.78, 5) is 0. The van der Waals surface area contributed by atoms with Gasteiger partial charge in [0.1, 0.15) is 37.1 Å². The van der Waals surface area contributed by atoms with Gasteiger partial charge < -0.3 is 14.2 Å². The number of hydrogen-bond donors (Lipinski definition) is 8. The first-order valence-corrected chi connectivity index (χ1v) is 23.2. The van der Waals surface area contributed by atoms with Gasteiger partial charge in [-0.05, 0) is 0 Å². The van der Waals surface area contributed by atoms with E-state index in [1.54, 1.807) is 0 Å². The van der Waals surface area contributed by atoms with Crippen LogP contribution in [0.25, 0.3) is 0 Å². The molecule has 8 N–H and O–H groups in total. The van der Waals surface area contributed by atoms with Crippen LogP contribution in [0.15, 0.2) is 0 Å². The minimum absolute atomic E-state index is 1.92. The Kier molecular flexibility index (Phi) is 15.6. The number of ether oxygens (including phenoxy) is 3. The van der Waals surface area contributed by atoms with E-state index in [9.17, 15) is 94.7 Å². The summed E-state index contributed by atoms with van der Waals surface area (Å²) in [5.74, 6) is -4.12. The van der Waals surface area contributed by atoms with E-state index < -0.39 is 158 Å². The predicted molar refractivity (Wildman–Crippen MR) is 152 cm³/mol. The lowest BCUT2D eigenvalue weighted by molar-refractivity contribution is -0.374. The van der Waals surface area contributed by atoms with Gasteiger partial charge in [0.15, 0.2) is 18.5 Å². The van der Waals surface area contributed by atoms with Crippen LogP contribution in [-0.4, -0.2) is 178 Å². The van der Waals surface area contributed by atoms with E-state index in [0.717, 1.165) is 0 Å². The van der Waals surface area contributed by atoms with Crippen molar-refractivity contribution < 1.29 is 151 Å². The summed E-state index contributed by atoms with van der Waals surface area (Å²) < 4.78 is 307. The van der Waals surface area contributed by atoms with Gasteiger partial charge in [-0.3, -0.25) is 36.4 Å². The fourth-order valence-corrected chi connectivity index (χ4v) is 7.68. The van der Waals surface area contributed by atoms with Crippen molar-refractivity contribution in [3.63, 3.8) is 0 Å². The molecule has 8 unspecified atom stereocenters. The molecule has 328 valence electrons. The lowest BCUT2D eigenvalue weighted by Gasteiger charge is -2.45. The Labute approximate surface area is 308 Å². The fourth-order valence-electron chi connectivity index (χ4n) is 4.24. The Morgan fingerprint density at radius 3 is 1.18 bits per heavy atom. The zero-order chi connectivity index (χ0) is 43.0. The van der Waals surface area contributed by atoms with Gasteiger partial charge in [-0.15, -0.1) is 0 Å². The van der Waals surface area contributed by atoms with Gasteiger partial charge in [0, 0.05) is 0 Å². The Bertz CT molecular complexity index is 2280. The van der Waals surface area contributed by atoms with Crippen molar-refractivity contribution in [3.05, 3.63) is 0 Å². The third kappa shape index (κ3) is 18.1. The summed E-state index contributed by atoms with van der Waals surface area (Å²) in [5.41, 5.74) is 0. The van der Waals surface area contributed by atoms with Crippen molar-refractivity contribution in [1.82, 2.24) is 0 Å². The van der Waals surface area contributed by atoms with Gasteiger partial charge in [0.25, 0.3) is 0 Å². The van der Waals surface area contributed by atoms with E-state index in [2.05, 4.69) is 33.5 Å². The van der Waals surface area contributed by atoms with Crippen molar-refractivity contribution in [2.24, 2.45) is 0 Å². The maximum atomic E-state index is 11.9. The second-order valence-corrected chi connectivity index (χ2v) is 18.2. The van der Waals surface area contributed by atoms with Crippen LogP contribution < -0.4 is 0 Å². The maximum absolute atomic E-state index is 11.9. The Hall–Kier alpha value is -1.16. The highest BCUT2D eigenvalue weighted by molar-refractivity contribution is 7.82. The van der Waals surface area contributed by atoms with Crippen LogP contribution in [0.4, 0.5) is 0 Å². The first-order chi connectivity index (χ1) is 24.2. The molecule has 35 nitrogen and oxygen atoms in total. The van der Waals surface area contributed by atoms with E-state index in [-0.39, 0.29) is 0 Å². The molecule has 2 rings (SSSR count). The molecular formula is C12H22O35S8. The van der Waals surface area contributed by atoms with Gasteiger partial charge in [-0.1, -0.05) is 0 Å². The summed E-state index contributed by atoms with van der Waals surface area (Å²) in [6.07, 6.45) is -26.0. The average Bonchev–Trinajstić information content (AvgIpc) is 3.15. The highest BCUT2D eigenvalue weighted by Gasteiger charge is 2.65. The van der Waals surface area contributed by atoms with Crippen LogP contribution in [-0.2, 0) is 131 Å². The van der Waals surface area contributed by atoms with Crippen molar-refractivity contribution in [1.29, 1.82) is 0 Å². The van der Waals surface area contributed by atoms with Gasteiger partial charge in [0.05, 0.1) is 13.2 Å². The van der Waals surface area contributed by atoms with Crippen LogP contribution in [0.2, 0.25) is 0 Å². The SMILES string of the molecule is O=S(=O)(O)OCC1OC(O[C@]2(COS(=O)(=O)O)OC(COS(=O)(=O)O)C(OS(=O)(=O)O)C2OS(=O)(=O)O)C(OS(=O)(=O)O)C(OS(=O)(=O)O)C1OS(=O)(=O)O. The summed E-state index contributed by atoms with van der Waals surface area (Å²) in [6.45, 7) is -6.25. The molecule has 9 atom stereocenters. The molecule has 0 aromatic carbocycles. The molecule has 43 heteroatoms. The largest absolute Gasteiger partial charge is 0.397 e. The van der Waals surface area contributed by atoms with E-state index in [4.69, 9.17) is 23.3 Å². The van der Waals surface area contributed by atoms with Gasteiger partial charge >= 0.3 is 83.2 Å². The molecule has 2 fully saturated rings. The highest BCUT2D eigenvalue weighted by atomic mass is 32.3. The third-order valence-corrected chi connectivity index (χ3v) is 9.28. The standard InChI is InChI=1S/C12H22O35S8/c13-48(14,15)37-1-4-6(43-51(22,23)24)8(45-53(28,29)30)9(46-54(31,32)33)11(40-4)42-12(3-39-50(19,20)21)10(47-55(34,35)36)7(44-52(25,26)27)5(41-12)2-38-49(16,17)18/h4-11H,1-3H2,(H,13,14,15)(H,16,17,18)(H,19,20,21)(H,22,23,24)(H,25,26,27)(H,28,29,30)(H,31,32,33)(H,34,35,36)/t4?,5?,6?,7?,8?,9?,10?,11?,12-/m0/s1. The van der Waals surface area contributed by atoms with E-state index in [0.29, 0.717) is 0 Å². The zero-order valence-electron chi connectivity index (χ0n) is 25.1.